The molecule has 1 aromatic rings. The van der Waals surface area contributed by atoms with E-state index in [1.165, 1.54) is 12.5 Å². The molecule has 0 aliphatic heterocycles. The lowest BCUT2D eigenvalue weighted by atomic mass is 10.1. The lowest BCUT2D eigenvalue weighted by Gasteiger charge is -2.04. The molecule has 1 aromatic heterocycles. The minimum Gasteiger partial charge on any atom is -0.328 e. The number of unbranched alkanes of at least 4 members (excludes halogenated alkanes) is 1. The van der Waals surface area contributed by atoms with Gasteiger partial charge >= 0.3 is 0 Å². The summed E-state index contributed by atoms with van der Waals surface area (Å²) in [5.74, 6) is 0. The molecular weight excluding hydrogens is 226 g/mol. The Hall–Kier alpha value is -0.880. The molecule has 0 spiro atoms. The summed E-state index contributed by atoms with van der Waals surface area (Å²) >= 11 is 0. The summed E-state index contributed by atoms with van der Waals surface area (Å²) in [5, 5.41) is 4.01. The van der Waals surface area contributed by atoms with Crippen molar-refractivity contribution in [3.05, 3.63) is 12.4 Å². The van der Waals surface area contributed by atoms with E-state index in [2.05, 4.69) is 5.10 Å². The molecule has 0 saturated carbocycles. The number of nitrogens with zero attached hydrogens (tertiary/aromatic N) is 2. The Labute approximate surface area is 96.6 Å². The Kier molecular flexibility index (Phi) is 4.49. The quantitative estimate of drug-likeness (QED) is 0.752. The van der Waals surface area contributed by atoms with Crippen molar-refractivity contribution < 1.29 is 8.42 Å². The van der Waals surface area contributed by atoms with Crippen molar-refractivity contribution >= 4 is 9.84 Å². The zero-order valence-corrected chi connectivity index (χ0v) is 10.6. The number of nitrogens with two attached hydrogens (primary N) is 1. The average molecular weight is 245 g/mol. The Morgan fingerprint density at radius 2 is 2.19 bits per heavy atom. The maximum Gasteiger partial charge on any atom is 0.178 e. The second kappa shape index (κ2) is 5.45. The highest BCUT2D eigenvalue weighted by Gasteiger charge is 2.09. The Morgan fingerprint density at radius 3 is 2.69 bits per heavy atom. The van der Waals surface area contributed by atoms with Gasteiger partial charge in [0.1, 0.15) is 4.90 Å². The molecule has 0 fully saturated rings. The van der Waals surface area contributed by atoms with E-state index in [4.69, 9.17) is 5.73 Å². The number of sulfone groups is 1. The van der Waals surface area contributed by atoms with Crippen LogP contribution >= 0.6 is 0 Å². The van der Waals surface area contributed by atoms with E-state index in [0.717, 1.165) is 25.8 Å². The van der Waals surface area contributed by atoms with Crippen LogP contribution in [0.1, 0.15) is 26.2 Å². The molecule has 6 heteroatoms. The van der Waals surface area contributed by atoms with Gasteiger partial charge in [0.05, 0.1) is 6.20 Å². The molecule has 1 atom stereocenters. The van der Waals surface area contributed by atoms with Gasteiger partial charge in [0.2, 0.25) is 0 Å². The number of hydrogen-bond donors (Lipinski definition) is 1. The molecule has 16 heavy (non-hydrogen) atoms. The van der Waals surface area contributed by atoms with Crippen molar-refractivity contribution in [2.75, 3.05) is 6.26 Å². The molecule has 1 rings (SSSR count). The van der Waals surface area contributed by atoms with Crippen LogP contribution in [-0.2, 0) is 16.4 Å². The molecule has 0 bridgehead atoms. The van der Waals surface area contributed by atoms with E-state index < -0.39 is 9.84 Å². The van der Waals surface area contributed by atoms with Crippen LogP contribution < -0.4 is 5.73 Å². The molecule has 2 N–H and O–H groups in total. The lowest BCUT2D eigenvalue weighted by Crippen LogP contribution is -2.14. The number of aryl methyl sites for hydroxylation is 1. The minimum atomic E-state index is -3.13. The first-order valence-electron chi connectivity index (χ1n) is 5.37. The third kappa shape index (κ3) is 4.32. The zero-order chi connectivity index (χ0) is 12.2. The van der Waals surface area contributed by atoms with Gasteiger partial charge in [-0.2, -0.15) is 5.10 Å². The van der Waals surface area contributed by atoms with Crippen molar-refractivity contribution in [1.82, 2.24) is 9.78 Å². The molecule has 0 saturated heterocycles. The van der Waals surface area contributed by atoms with Crippen LogP contribution in [0.4, 0.5) is 0 Å². The topological polar surface area (TPSA) is 78.0 Å². The van der Waals surface area contributed by atoms with Gasteiger partial charge in [-0.3, -0.25) is 4.68 Å². The second-order valence-electron chi connectivity index (χ2n) is 4.18. The van der Waals surface area contributed by atoms with E-state index in [9.17, 15) is 8.42 Å². The largest absolute Gasteiger partial charge is 0.328 e. The zero-order valence-electron chi connectivity index (χ0n) is 9.76. The van der Waals surface area contributed by atoms with E-state index in [1.807, 2.05) is 6.92 Å². The normalized spacial score (nSPS) is 13.9. The van der Waals surface area contributed by atoms with Crippen molar-refractivity contribution in [3.8, 4) is 0 Å². The molecule has 1 unspecified atom stereocenters. The van der Waals surface area contributed by atoms with Crippen LogP contribution in [0.3, 0.4) is 0 Å². The molecule has 5 nitrogen and oxygen atoms in total. The van der Waals surface area contributed by atoms with Crippen LogP contribution in [0.15, 0.2) is 17.3 Å². The fraction of sp³-hybridized carbons (Fsp3) is 0.700. The van der Waals surface area contributed by atoms with Crippen LogP contribution in [0.2, 0.25) is 0 Å². The smallest absolute Gasteiger partial charge is 0.178 e. The standard InChI is InChI=1S/C10H19N3O2S/c1-9(11)5-3-4-6-13-8-10(7-12-13)16(2,14)15/h7-9H,3-6,11H2,1-2H3. The van der Waals surface area contributed by atoms with Gasteiger partial charge in [-0.05, 0) is 19.8 Å². The predicted molar refractivity (Wildman–Crippen MR) is 62.8 cm³/mol. The minimum absolute atomic E-state index is 0.226. The third-order valence-electron chi connectivity index (χ3n) is 2.33. The Morgan fingerprint density at radius 1 is 1.50 bits per heavy atom. The molecule has 92 valence electrons. The van der Waals surface area contributed by atoms with Gasteiger partial charge < -0.3 is 5.73 Å². The molecular formula is C10H19N3O2S. The van der Waals surface area contributed by atoms with Crippen LogP contribution in [0.25, 0.3) is 0 Å². The van der Waals surface area contributed by atoms with E-state index >= 15 is 0 Å². The Balaban J connectivity index is 2.42. The van der Waals surface area contributed by atoms with Gasteiger partial charge in [-0.25, -0.2) is 8.42 Å². The summed E-state index contributed by atoms with van der Waals surface area (Å²) in [5.41, 5.74) is 5.63. The maximum atomic E-state index is 11.2. The first-order valence-corrected chi connectivity index (χ1v) is 7.27. The summed E-state index contributed by atoms with van der Waals surface area (Å²) < 4.78 is 24.1. The van der Waals surface area contributed by atoms with Crippen LogP contribution in [0, 0.1) is 0 Å². The highest BCUT2D eigenvalue weighted by atomic mass is 32.2. The predicted octanol–water partition coefficient (Wildman–Crippen LogP) is 0.804. The second-order valence-corrected chi connectivity index (χ2v) is 6.20. The van der Waals surface area contributed by atoms with Gasteiger partial charge in [-0.15, -0.1) is 0 Å². The summed E-state index contributed by atoms with van der Waals surface area (Å²) in [6.07, 6.45) is 7.13. The summed E-state index contributed by atoms with van der Waals surface area (Å²) in [4.78, 5) is 0.277. The SMILES string of the molecule is CC(N)CCCCn1cc(S(C)(=O)=O)cn1. The Bertz CT molecular complexity index is 423. The van der Waals surface area contributed by atoms with Crippen molar-refractivity contribution in [3.63, 3.8) is 0 Å². The molecule has 0 aliphatic rings. The highest BCUT2D eigenvalue weighted by molar-refractivity contribution is 7.90. The van der Waals surface area contributed by atoms with Gasteiger partial charge in [0.15, 0.2) is 9.84 Å². The maximum absolute atomic E-state index is 11.2. The van der Waals surface area contributed by atoms with E-state index in [0.29, 0.717) is 0 Å². The van der Waals surface area contributed by atoms with Crippen molar-refractivity contribution in [1.29, 1.82) is 0 Å². The fourth-order valence-corrected chi connectivity index (χ4v) is 1.95. The van der Waals surface area contributed by atoms with Crippen LogP contribution in [0.5, 0.6) is 0 Å². The first kappa shape index (κ1) is 13.2. The summed E-state index contributed by atoms with van der Waals surface area (Å²) in [6.45, 7) is 2.72. The third-order valence-corrected chi connectivity index (χ3v) is 3.40. The average Bonchev–Trinajstić information content (AvgIpc) is 2.59. The molecule has 0 aromatic carbocycles. The molecule has 1 heterocycles. The van der Waals surface area contributed by atoms with Gasteiger partial charge in [0, 0.05) is 25.0 Å². The molecule has 0 aliphatic carbocycles. The first-order chi connectivity index (χ1) is 7.39. The molecule has 0 radical (unpaired) electrons. The summed E-state index contributed by atoms with van der Waals surface area (Å²) in [7, 11) is -3.13. The van der Waals surface area contributed by atoms with E-state index in [1.54, 1.807) is 10.9 Å². The summed E-state index contributed by atoms with van der Waals surface area (Å²) in [6, 6.07) is 0.226. The number of rotatable bonds is 6. The fourth-order valence-electron chi connectivity index (χ4n) is 1.40. The van der Waals surface area contributed by atoms with Crippen LogP contribution in [-0.4, -0.2) is 30.5 Å². The highest BCUT2D eigenvalue weighted by Crippen LogP contribution is 2.07. The van der Waals surface area contributed by atoms with Gasteiger partial charge in [0.25, 0.3) is 0 Å². The monoisotopic (exact) mass is 245 g/mol. The lowest BCUT2D eigenvalue weighted by molar-refractivity contribution is 0.520. The van der Waals surface area contributed by atoms with Gasteiger partial charge in [-0.1, -0.05) is 6.42 Å². The van der Waals surface area contributed by atoms with Crippen molar-refractivity contribution in [2.45, 2.75) is 43.7 Å². The van der Waals surface area contributed by atoms with E-state index in [-0.39, 0.29) is 10.9 Å². The number of hydrogen-bond acceptors (Lipinski definition) is 4. The number of aromatic nitrogens is 2. The molecule has 0 amide bonds. The van der Waals surface area contributed by atoms with Crippen molar-refractivity contribution in [2.24, 2.45) is 5.73 Å².